The van der Waals surface area contributed by atoms with Crippen LogP contribution in [0.3, 0.4) is 0 Å². The molecule has 0 bridgehead atoms. The van der Waals surface area contributed by atoms with Crippen LogP contribution in [0.25, 0.3) is 11.0 Å². The Labute approximate surface area is 127 Å². The summed E-state index contributed by atoms with van der Waals surface area (Å²) in [5.41, 5.74) is 0.0173. The highest BCUT2D eigenvalue weighted by molar-refractivity contribution is 5.79. The van der Waals surface area contributed by atoms with Gasteiger partial charge in [-0.15, -0.1) is 0 Å². The van der Waals surface area contributed by atoms with Crippen LogP contribution in [0.2, 0.25) is 0 Å². The summed E-state index contributed by atoms with van der Waals surface area (Å²) in [6.07, 6.45) is 2.13. The van der Waals surface area contributed by atoms with Gasteiger partial charge in [-0.2, -0.15) is 0 Å². The van der Waals surface area contributed by atoms with Crippen molar-refractivity contribution in [2.45, 2.75) is 18.9 Å². The first-order valence-electron chi connectivity index (χ1n) is 7.26. The first-order chi connectivity index (χ1) is 10.7. The Morgan fingerprint density at radius 1 is 1.32 bits per heavy atom. The molecule has 2 aromatic rings. The van der Waals surface area contributed by atoms with E-state index in [4.69, 9.17) is 13.9 Å². The number of carbonyl (C=O) groups excluding carboxylic acids is 1. The van der Waals surface area contributed by atoms with Crippen molar-refractivity contribution in [3.05, 3.63) is 40.8 Å². The highest BCUT2D eigenvalue weighted by Crippen LogP contribution is 2.19. The second-order valence-electron chi connectivity index (χ2n) is 5.18. The molecule has 1 aliphatic rings. The molecule has 0 spiro atoms. The molecule has 1 atom stereocenters. The number of amides is 1. The summed E-state index contributed by atoms with van der Waals surface area (Å²) < 4.78 is 15.9. The summed E-state index contributed by atoms with van der Waals surface area (Å²) in [6.45, 7) is 1.18. The van der Waals surface area contributed by atoms with Gasteiger partial charge in [0, 0.05) is 30.7 Å². The van der Waals surface area contributed by atoms with E-state index in [0.29, 0.717) is 17.9 Å². The maximum atomic E-state index is 11.7. The fraction of sp³-hybridized carbons (Fsp3) is 0.375. The molecule has 116 valence electrons. The Morgan fingerprint density at radius 2 is 2.18 bits per heavy atom. The van der Waals surface area contributed by atoms with Crippen LogP contribution in [0.5, 0.6) is 5.75 Å². The van der Waals surface area contributed by atoms with Gasteiger partial charge in [0.05, 0.1) is 6.10 Å². The molecule has 3 rings (SSSR count). The molecule has 1 N–H and O–H groups in total. The van der Waals surface area contributed by atoms with Gasteiger partial charge < -0.3 is 19.2 Å². The zero-order valence-electron chi connectivity index (χ0n) is 12.0. The lowest BCUT2D eigenvalue weighted by Crippen LogP contribution is -2.35. The average molecular weight is 303 g/mol. The van der Waals surface area contributed by atoms with Crippen molar-refractivity contribution in [3.8, 4) is 5.75 Å². The third-order valence-corrected chi connectivity index (χ3v) is 3.52. The predicted octanol–water partition coefficient (Wildman–Crippen LogP) is 1.47. The lowest BCUT2D eigenvalue weighted by Gasteiger charge is -2.11. The lowest BCUT2D eigenvalue weighted by molar-refractivity contribution is -0.123. The van der Waals surface area contributed by atoms with Crippen molar-refractivity contribution >= 4 is 16.9 Å². The van der Waals surface area contributed by atoms with Gasteiger partial charge in [-0.25, -0.2) is 4.79 Å². The summed E-state index contributed by atoms with van der Waals surface area (Å²) in [5.74, 6) is 0.277. The van der Waals surface area contributed by atoms with E-state index in [1.54, 1.807) is 24.3 Å². The van der Waals surface area contributed by atoms with E-state index in [1.165, 1.54) is 6.07 Å². The van der Waals surface area contributed by atoms with E-state index < -0.39 is 5.63 Å². The summed E-state index contributed by atoms with van der Waals surface area (Å²) >= 11 is 0. The summed E-state index contributed by atoms with van der Waals surface area (Å²) in [4.78, 5) is 22.9. The van der Waals surface area contributed by atoms with Gasteiger partial charge in [0.15, 0.2) is 6.61 Å². The molecule has 1 unspecified atom stereocenters. The molecular formula is C16H17NO5. The van der Waals surface area contributed by atoms with Crippen LogP contribution >= 0.6 is 0 Å². The van der Waals surface area contributed by atoms with Crippen LogP contribution in [0.1, 0.15) is 12.8 Å². The lowest BCUT2D eigenvalue weighted by atomic mass is 10.2. The van der Waals surface area contributed by atoms with Gasteiger partial charge in [0.25, 0.3) is 5.91 Å². The molecule has 1 aromatic heterocycles. The monoisotopic (exact) mass is 303 g/mol. The Balaban J connectivity index is 1.54. The number of ether oxygens (including phenoxy) is 2. The second kappa shape index (κ2) is 6.62. The fourth-order valence-corrected chi connectivity index (χ4v) is 2.36. The molecule has 1 fully saturated rings. The van der Waals surface area contributed by atoms with E-state index in [2.05, 4.69) is 5.32 Å². The van der Waals surface area contributed by atoms with E-state index >= 15 is 0 Å². The number of benzene rings is 1. The zero-order valence-corrected chi connectivity index (χ0v) is 12.0. The van der Waals surface area contributed by atoms with E-state index in [0.717, 1.165) is 24.8 Å². The number of rotatable bonds is 5. The third-order valence-electron chi connectivity index (χ3n) is 3.52. The van der Waals surface area contributed by atoms with Crippen LogP contribution in [-0.4, -0.2) is 31.8 Å². The minimum atomic E-state index is -0.418. The molecule has 0 aliphatic carbocycles. The van der Waals surface area contributed by atoms with Crippen LogP contribution in [0.4, 0.5) is 0 Å². The molecule has 6 heteroatoms. The van der Waals surface area contributed by atoms with E-state index in [-0.39, 0.29) is 18.6 Å². The first kappa shape index (κ1) is 14.6. The van der Waals surface area contributed by atoms with Gasteiger partial charge in [-0.3, -0.25) is 4.79 Å². The molecular weight excluding hydrogens is 286 g/mol. The predicted molar refractivity (Wildman–Crippen MR) is 80.0 cm³/mol. The SMILES string of the molecule is O=C(COc1ccc2ccc(=O)oc2c1)NCC1CCCO1. The Morgan fingerprint density at radius 3 is 3.00 bits per heavy atom. The standard InChI is InChI=1S/C16H17NO5/c18-15(17-9-13-2-1-7-20-13)10-21-12-5-3-11-4-6-16(19)22-14(11)8-12/h3-6,8,13H,1-2,7,9-10H2,(H,17,18). The fourth-order valence-electron chi connectivity index (χ4n) is 2.36. The number of nitrogens with one attached hydrogen (secondary N) is 1. The Bertz CT molecular complexity index is 718. The van der Waals surface area contributed by atoms with Crippen molar-refractivity contribution in [2.24, 2.45) is 0 Å². The highest BCUT2D eigenvalue weighted by Gasteiger charge is 2.16. The topological polar surface area (TPSA) is 77.8 Å². The summed E-state index contributed by atoms with van der Waals surface area (Å²) in [6, 6.07) is 8.15. The van der Waals surface area contributed by atoms with E-state index in [9.17, 15) is 9.59 Å². The molecule has 1 amide bonds. The largest absolute Gasteiger partial charge is 0.484 e. The summed E-state index contributed by atoms with van der Waals surface area (Å²) in [7, 11) is 0. The number of fused-ring (bicyclic) bond motifs is 1. The second-order valence-corrected chi connectivity index (χ2v) is 5.18. The molecule has 6 nitrogen and oxygen atoms in total. The average Bonchev–Trinajstić information content (AvgIpc) is 3.04. The van der Waals surface area contributed by atoms with E-state index in [1.807, 2.05) is 0 Å². The number of carbonyl (C=O) groups is 1. The molecule has 0 radical (unpaired) electrons. The van der Waals surface area contributed by atoms with Gasteiger partial charge in [-0.1, -0.05) is 0 Å². The van der Waals surface area contributed by atoms with Crippen LogP contribution in [-0.2, 0) is 9.53 Å². The number of hydrogen-bond donors (Lipinski definition) is 1. The smallest absolute Gasteiger partial charge is 0.336 e. The highest BCUT2D eigenvalue weighted by atomic mass is 16.5. The molecule has 22 heavy (non-hydrogen) atoms. The van der Waals surface area contributed by atoms with Crippen molar-refractivity contribution in [1.82, 2.24) is 5.32 Å². The molecule has 1 saturated heterocycles. The molecule has 0 saturated carbocycles. The zero-order chi connectivity index (χ0) is 15.4. The maximum absolute atomic E-state index is 11.7. The van der Waals surface area contributed by atoms with Crippen molar-refractivity contribution in [3.63, 3.8) is 0 Å². The summed E-state index contributed by atoms with van der Waals surface area (Å²) in [5, 5.41) is 3.58. The van der Waals surface area contributed by atoms with Crippen LogP contribution in [0, 0.1) is 0 Å². The van der Waals surface area contributed by atoms with Crippen molar-refractivity contribution < 1.29 is 18.7 Å². The third kappa shape index (κ3) is 3.65. The first-order valence-corrected chi connectivity index (χ1v) is 7.26. The maximum Gasteiger partial charge on any atom is 0.336 e. The normalized spacial score (nSPS) is 17.5. The van der Waals surface area contributed by atoms with Gasteiger partial charge in [-0.05, 0) is 31.0 Å². The quantitative estimate of drug-likeness (QED) is 0.846. The van der Waals surface area contributed by atoms with Crippen molar-refractivity contribution in [2.75, 3.05) is 19.8 Å². The van der Waals surface area contributed by atoms with Crippen LogP contribution in [0.15, 0.2) is 39.5 Å². The Kier molecular flexibility index (Phi) is 4.39. The molecule has 1 aromatic carbocycles. The van der Waals surface area contributed by atoms with Gasteiger partial charge in [0.2, 0.25) is 0 Å². The minimum absolute atomic E-state index is 0.0880. The molecule has 2 heterocycles. The Hall–Kier alpha value is -2.34. The van der Waals surface area contributed by atoms with Crippen molar-refractivity contribution in [1.29, 1.82) is 0 Å². The van der Waals surface area contributed by atoms with Gasteiger partial charge in [0.1, 0.15) is 11.3 Å². The van der Waals surface area contributed by atoms with Gasteiger partial charge >= 0.3 is 5.63 Å². The van der Waals surface area contributed by atoms with Crippen LogP contribution < -0.4 is 15.7 Å². The molecule has 1 aliphatic heterocycles. The minimum Gasteiger partial charge on any atom is -0.484 e. The number of hydrogen-bond acceptors (Lipinski definition) is 5.